The predicted molar refractivity (Wildman–Crippen MR) is 97.1 cm³/mol. The maximum absolute atomic E-state index is 12.0. The van der Waals surface area contributed by atoms with Gasteiger partial charge >= 0.3 is 0 Å². The van der Waals surface area contributed by atoms with Gasteiger partial charge in [0.2, 0.25) is 0 Å². The number of hydrogen-bond donors (Lipinski definition) is 1. The first kappa shape index (κ1) is 17.0. The Morgan fingerprint density at radius 3 is 2.80 bits per heavy atom. The van der Waals surface area contributed by atoms with E-state index in [1.807, 2.05) is 23.6 Å². The molecule has 0 unspecified atom stereocenters. The van der Waals surface area contributed by atoms with E-state index in [1.165, 1.54) is 10.6 Å². The van der Waals surface area contributed by atoms with Gasteiger partial charge in [-0.05, 0) is 37.1 Å². The average Bonchev–Trinajstić information content (AvgIpc) is 2.96. The molecule has 2 heterocycles. The Labute approximate surface area is 150 Å². The quantitative estimate of drug-likeness (QED) is 0.735. The van der Waals surface area contributed by atoms with Crippen LogP contribution in [0.3, 0.4) is 0 Å². The van der Waals surface area contributed by atoms with E-state index in [4.69, 9.17) is 16.7 Å². The Hall–Kier alpha value is -2.81. The lowest BCUT2D eigenvalue weighted by Gasteiger charge is -2.07. The molecule has 3 rings (SSSR count). The average molecular weight is 354 g/mol. The first-order chi connectivity index (χ1) is 12.1. The number of halogens is 1. The van der Waals surface area contributed by atoms with Crippen molar-refractivity contribution in [3.05, 3.63) is 81.3 Å². The van der Waals surface area contributed by atoms with Crippen molar-refractivity contribution in [3.8, 4) is 17.5 Å². The van der Waals surface area contributed by atoms with Gasteiger partial charge in [-0.3, -0.25) is 4.79 Å². The number of aryl methyl sites for hydroxylation is 1. The number of rotatable bonds is 3. The third-order valence-corrected chi connectivity index (χ3v) is 3.88. The van der Waals surface area contributed by atoms with Gasteiger partial charge in [0.25, 0.3) is 5.56 Å². The van der Waals surface area contributed by atoms with E-state index in [1.54, 1.807) is 30.6 Å². The van der Waals surface area contributed by atoms with E-state index in [-0.39, 0.29) is 18.7 Å². The Morgan fingerprint density at radius 2 is 2.08 bits per heavy atom. The molecular weight excluding hydrogens is 338 g/mol. The molecule has 5 nitrogen and oxygen atoms in total. The fourth-order valence-electron chi connectivity index (χ4n) is 2.44. The predicted octanol–water partition coefficient (Wildman–Crippen LogP) is 2.39. The molecule has 2 aromatic heterocycles. The third-order valence-electron chi connectivity index (χ3n) is 3.64. The first-order valence-corrected chi connectivity index (χ1v) is 8.10. The molecule has 6 heteroatoms. The van der Waals surface area contributed by atoms with Crippen LogP contribution in [0.2, 0.25) is 5.02 Å². The monoisotopic (exact) mass is 353 g/mol. The molecule has 1 N–H and O–H groups in total. The highest BCUT2D eigenvalue weighted by atomic mass is 35.5. The maximum Gasteiger partial charge on any atom is 0.252 e. The second-order valence-electron chi connectivity index (χ2n) is 5.44. The number of pyridine rings is 1. The van der Waals surface area contributed by atoms with Crippen molar-refractivity contribution in [3.63, 3.8) is 0 Å². The minimum Gasteiger partial charge on any atom is -0.395 e. The molecule has 0 aliphatic rings. The summed E-state index contributed by atoms with van der Waals surface area (Å²) in [4.78, 5) is 16.5. The van der Waals surface area contributed by atoms with Crippen LogP contribution in [0.25, 0.3) is 5.69 Å². The zero-order chi connectivity index (χ0) is 17.8. The number of benzene rings is 1. The van der Waals surface area contributed by atoms with Crippen molar-refractivity contribution in [1.82, 2.24) is 14.1 Å². The number of aromatic nitrogens is 3. The molecule has 0 atom stereocenters. The highest BCUT2D eigenvalue weighted by Gasteiger charge is 2.06. The molecule has 0 amide bonds. The van der Waals surface area contributed by atoms with Crippen LogP contribution in [0.5, 0.6) is 0 Å². The molecule has 0 spiro atoms. The lowest BCUT2D eigenvalue weighted by molar-refractivity contribution is 0.274. The zero-order valence-corrected chi connectivity index (χ0v) is 14.4. The summed E-state index contributed by atoms with van der Waals surface area (Å²) >= 11 is 5.95. The Kier molecular flexibility index (Phi) is 5.03. The molecule has 0 aliphatic heterocycles. The summed E-state index contributed by atoms with van der Waals surface area (Å²) in [5, 5.41) is 9.59. The third kappa shape index (κ3) is 4.00. The Morgan fingerprint density at radius 1 is 1.24 bits per heavy atom. The van der Waals surface area contributed by atoms with Crippen LogP contribution < -0.4 is 5.56 Å². The van der Waals surface area contributed by atoms with Crippen LogP contribution >= 0.6 is 11.6 Å². The molecule has 0 fully saturated rings. The highest BCUT2D eigenvalue weighted by molar-refractivity contribution is 6.30. The van der Waals surface area contributed by atoms with Gasteiger partial charge < -0.3 is 14.2 Å². The van der Waals surface area contributed by atoms with Gasteiger partial charge in [-0.25, -0.2) is 4.98 Å². The number of nitrogens with zero attached hydrogens (tertiary/aromatic N) is 3. The van der Waals surface area contributed by atoms with Gasteiger partial charge in [0.05, 0.1) is 12.3 Å². The lowest BCUT2D eigenvalue weighted by Crippen LogP contribution is -2.21. The molecule has 25 heavy (non-hydrogen) atoms. The summed E-state index contributed by atoms with van der Waals surface area (Å²) in [5.74, 6) is 6.77. The van der Waals surface area contributed by atoms with Crippen LogP contribution in [-0.4, -0.2) is 25.8 Å². The normalized spacial score (nSPS) is 10.4. The van der Waals surface area contributed by atoms with Gasteiger partial charge in [-0.2, -0.15) is 0 Å². The van der Waals surface area contributed by atoms with Crippen molar-refractivity contribution in [2.24, 2.45) is 0 Å². The fraction of sp³-hybridized carbons (Fsp3) is 0.158. The smallest absolute Gasteiger partial charge is 0.252 e. The van der Waals surface area contributed by atoms with Crippen LogP contribution in [0, 0.1) is 18.8 Å². The summed E-state index contributed by atoms with van der Waals surface area (Å²) in [6.07, 6.45) is 3.45. The van der Waals surface area contributed by atoms with Crippen LogP contribution in [-0.2, 0) is 6.54 Å². The Bertz CT molecular complexity index is 1020. The summed E-state index contributed by atoms with van der Waals surface area (Å²) in [5.41, 5.74) is 1.95. The molecule has 0 radical (unpaired) electrons. The van der Waals surface area contributed by atoms with Crippen molar-refractivity contribution in [1.29, 1.82) is 0 Å². The SMILES string of the molecule is Cc1nc(C#Cc2cccc(Cl)c2)cn1-c1ccn(CCO)c(=O)c1. The van der Waals surface area contributed by atoms with Crippen LogP contribution in [0.15, 0.2) is 53.6 Å². The second-order valence-corrected chi connectivity index (χ2v) is 5.88. The van der Waals surface area contributed by atoms with Gasteiger partial charge in [-0.1, -0.05) is 23.6 Å². The van der Waals surface area contributed by atoms with E-state index < -0.39 is 0 Å². The van der Waals surface area contributed by atoms with E-state index in [2.05, 4.69) is 16.8 Å². The maximum atomic E-state index is 12.0. The van der Waals surface area contributed by atoms with E-state index in [0.29, 0.717) is 16.4 Å². The van der Waals surface area contributed by atoms with Gasteiger partial charge in [0.15, 0.2) is 0 Å². The number of imidazole rings is 1. The molecule has 0 saturated carbocycles. The first-order valence-electron chi connectivity index (χ1n) is 7.72. The highest BCUT2D eigenvalue weighted by Crippen LogP contribution is 2.12. The van der Waals surface area contributed by atoms with E-state index in [0.717, 1.165) is 11.4 Å². The topological polar surface area (TPSA) is 60.1 Å². The van der Waals surface area contributed by atoms with Crippen molar-refractivity contribution in [2.45, 2.75) is 13.5 Å². The van der Waals surface area contributed by atoms with Crippen molar-refractivity contribution >= 4 is 11.6 Å². The summed E-state index contributed by atoms with van der Waals surface area (Å²) in [7, 11) is 0. The number of aliphatic hydroxyl groups is 1. The minimum atomic E-state index is -0.175. The molecular formula is C19H16ClN3O2. The molecule has 0 saturated heterocycles. The largest absolute Gasteiger partial charge is 0.395 e. The molecule has 0 bridgehead atoms. The standard InChI is InChI=1S/C19H16ClN3O2/c1-14-21-17(6-5-15-3-2-4-16(20)11-15)13-23(14)18-7-8-22(9-10-24)19(25)12-18/h2-4,7-8,11-13,24H,9-10H2,1H3. The summed E-state index contributed by atoms with van der Waals surface area (Å²) < 4.78 is 3.27. The van der Waals surface area contributed by atoms with Crippen LogP contribution in [0.1, 0.15) is 17.1 Å². The van der Waals surface area contributed by atoms with E-state index in [9.17, 15) is 4.79 Å². The summed E-state index contributed by atoms with van der Waals surface area (Å²) in [6, 6.07) is 10.6. The van der Waals surface area contributed by atoms with Gasteiger partial charge in [-0.15, -0.1) is 0 Å². The molecule has 3 aromatic rings. The fourth-order valence-corrected chi connectivity index (χ4v) is 2.63. The second kappa shape index (κ2) is 7.39. The summed E-state index contributed by atoms with van der Waals surface area (Å²) in [6.45, 7) is 2.05. The van der Waals surface area contributed by atoms with Crippen LogP contribution in [0.4, 0.5) is 0 Å². The van der Waals surface area contributed by atoms with E-state index >= 15 is 0 Å². The molecule has 0 aliphatic carbocycles. The number of aliphatic hydroxyl groups excluding tert-OH is 1. The minimum absolute atomic E-state index is 0.0768. The van der Waals surface area contributed by atoms with Gasteiger partial charge in [0, 0.05) is 35.6 Å². The molecule has 126 valence electrons. The Balaban J connectivity index is 1.91. The number of hydrogen-bond acceptors (Lipinski definition) is 3. The van der Waals surface area contributed by atoms with Crippen molar-refractivity contribution in [2.75, 3.05) is 6.61 Å². The van der Waals surface area contributed by atoms with Crippen molar-refractivity contribution < 1.29 is 5.11 Å². The lowest BCUT2D eigenvalue weighted by atomic mass is 10.2. The zero-order valence-electron chi connectivity index (χ0n) is 13.6. The molecule has 1 aromatic carbocycles. The van der Waals surface area contributed by atoms with Gasteiger partial charge in [0.1, 0.15) is 11.5 Å².